The molecule has 2 saturated carbocycles. The van der Waals surface area contributed by atoms with Gasteiger partial charge in [-0.15, -0.1) is 0 Å². The van der Waals surface area contributed by atoms with Crippen molar-refractivity contribution in [3.63, 3.8) is 0 Å². The van der Waals surface area contributed by atoms with Gasteiger partial charge in [0.1, 0.15) is 5.78 Å². The predicted molar refractivity (Wildman–Crippen MR) is 105 cm³/mol. The van der Waals surface area contributed by atoms with Gasteiger partial charge in [0.15, 0.2) is 0 Å². The summed E-state index contributed by atoms with van der Waals surface area (Å²) in [7, 11) is -1.95. The third kappa shape index (κ3) is 3.35. The van der Waals surface area contributed by atoms with Crippen LogP contribution in [0.5, 0.6) is 0 Å². The number of halogens is 1. The van der Waals surface area contributed by atoms with Crippen LogP contribution in [0.4, 0.5) is 0 Å². The molecule has 1 saturated heterocycles. The Kier molecular flexibility index (Phi) is 5.94. The summed E-state index contributed by atoms with van der Waals surface area (Å²) in [5.74, 6) is 0.353. The molecular formula is C20H36ClN2O4S-. The van der Waals surface area contributed by atoms with Crippen LogP contribution in [-0.2, 0) is 14.8 Å². The van der Waals surface area contributed by atoms with Gasteiger partial charge in [0, 0.05) is 36.0 Å². The number of carbonyl (C=O) groups excluding carboxylic acids is 1. The monoisotopic (exact) mass is 435 g/mol. The van der Waals surface area contributed by atoms with E-state index in [4.69, 9.17) is 0 Å². The highest BCUT2D eigenvalue weighted by Crippen LogP contribution is 2.64. The highest BCUT2D eigenvalue weighted by molar-refractivity contribution is 7.89. The Morgan fingerprint density at radius 3 is 2.00 bits per heavy atom. The van der Waals surface area contributed by atoms with Crippen LogP contribution in [-0.4, -0.2) is 58.7 Å². The summed E-state index contributed by atoms with van der Waals surface area (Å²) >= 11 is 0. The van der Waals surface area contributed by atoms with Gasteiger partial charge in [-0.3, -0.25) is 4.79 Å². The van der Waals surface area contributed by atoms with E-state index in [2.05, 4.69) is 13.8 Å². The van der Waals surface area contributed by atoms with E-state index in [1.165, 1.54) is 9.37 Å². The first-order chi connectivity index (χ1) is 12.1. The van der Waals surface area contributed by atoms with Crippen LogP contribution in [0.2, 0.25) is 0 Å². The molecule has 28 heavy (non-hydrogen) atoms. The molecule has 2 bridgehead atoms. The van der Waals surface area contributed by atoms with Gasteiger partial charge in [0.25, 0.3) is 0 Å². The zero-order valence-electron chi connectivity index (χ0n) is 18.2. The maximum atomic E-state index is 13.4. The summed E-state index contributed by atoms with van der Waals surface area (Å²) in [6.07, 6.45) is 3.25. The van der Waals surface area contributed by atoms with Crippen molar-refractivity contribution in [2.75, 3.05) is 12.8 Å². The average molecular weight is 436 g/mol. The molecule has 3 rings (SSSR count). The summed E-state index contributed by atoms with van der Waals surface area (Å²) in [6, 6.07) is -0.198. The molecule has 0 aromatic heterocycles. The molecule has 0 radical (unpaired) electrons. The third-order valence-electron chi connectivity index (χ3n) is 8.14. The van der Waals surface area contributed by atoms with E-state index in [1.807, 2.05) is 27.7 Å². The Labute approximate surface area is 176 Å². The SMILES string of the molecule is CN(C1CC(C)(C)N(O)C(C)(C)C1)S(=O)(=O)CC12CCC(CC1=O)C2(C)C.[Cl-]. The van der Waals surface area contributed by atoms with Crippen molar-refractivity contribution in [1.29, 1.82) is 0 Å². The molecule has 1 heterocycles. The zero-order valence-corrected chi connectivity index (χ0v) is 19.8. The van der Waals surface area contributed by atoms with Crippen LogP contribution >= 0.6 is 0 Å². The van der Waals surface area contributed by atoms with E-state index in [0.29, 0.717) is 31.6 Å². The molecule has 0 spiro atoms. The Morgan fingerprint density at radius 2 is 1.61 bits per heavy atom. The molecule has 3 aliphatic rings. The summed E-state index contributed by atoms with van der Waals surface area (Å²) in [5, 5.41) is 11.9. The molecule has 1 aliphatic heterocycles. The minimum Gasteiger partial charge on any atom is -1.00 e. The molecule has 0 aromatic carbocycles. The number of rotatable bonds is 4. The topological polar surface area (TPSA) is 77.9 Å². The number of Topliss-reactive ketones (excluding diaryl/α,β-unsaturated/α-hetero) is 1. The molecule has 0 amide bonds. The lowest BCUT2D eigenvalue weighted by atomic mass is 9.70. The standard InChI is InChI=1S/C20H36N2O4S.ClH/c1-17(2)11-15(12-18(3,4)22(17)24)21(7)27(25,26)13-20-9-8-14(10-16(20)23)19(20,5)6;/h14-15,24H,8-13H2,1-7H3;1H/p-1. The van der Waals surface area contributed by atoms with Gasteiger partial charge in [0.05, 0.1) is 5.75 Å². The summed E-state index contributed by atoms with van der Waals surface area (Å²) in [4.78, 5) is 12.8. The van der Waals surface area contributed by atoms with Gasteiger partial charge >= 0.3 is 0 Å². The van der Waals surface area contributed by atoms with E-state index in [-0.39, 0.29) is 35.4 Å². The molecule has 2 atom stereocenters. The number of fused-ring (bicyclic) bond motifs is 2. The van der Waals surface area contributed by atoms with Gasteiger partial charge in [-0.2, -0.15) is 5.06 Å². The highest BCUT2D eigenvalue weighted by Gasteiger charge is 2.65. The lowest BCUT2D eigenvalue weighted by molar-refractivity contribution is -0.249. The smallest absolute Gasteiger partial charge is 0.215 e. The molecule has 2 unspecified atom stereocenters. The first-order valence-electron chi connectivity index (χ1n) is 10.1. The van der Waals surface area contributed by atoms with Crippen LogP contribution in [0.1, 0.15) is 73.6 Å². The summed E-state index contributed by atoms with van der Waals surface area (Å²) < 4.78 is 28.3. The van der Waals surface area contributed by atoms with Crippen molar-refractivity contribution in [3.05, 3.63) is 0 Å². The van der Waals surface area contributed by atoms with Crippen molar-refractivity contribution >= 4 is 15.8 Å². The lowest BCUT2D eigenvalue weighted by Gasteiger charge is -2.53. The van der Waals surface area contributed by atoms with Gasteiger partial charge in [-0.05, 0) is 64.7 Å². The van der Waals surface area contributed by atoms with Gasteiger partial charge in [0.2, 0.25) is 10.0 Å². The zero-order chi connectivity index (χ0) is 20.6. The van der Waals surface area contributed by atoms with Crippen LogP contribution < -0.4 is 12.4 Å². The minimum absolute atomic E-state index is 0. The third-order valence-corrected chi connectivity index (χ3v) is 10.2. The highest BCUT2D eigenvalue weighted by atomic mass is 35.5. The molecule has 8 heteroatoms. The van der Waals surface area contributed by atoms with Crippen molar-refractivity contribution in [3.8, 4) is 0 Å². The number of carbonyl (C=O) groups is 1. The average Bonchev–Trinajstić information content (AvgIpc) is 2.85. The molecule has 6 nitrogen and oxygen atoms in total. The summed E-state index contributed by atoms with van der Waals surface area (Å²) in [5.41, 5.74) is -2.04. The maximum Gasteiger partial charge on any atom is 0.215 e. The van der Waals surface area contributed by atoms with Gasteiger partial charge in [-0.1, -0.05) is 13.8 Å². The second-order valence-electron chi connectivity index (χ2n) is 10.9. The van der Waals surface area contributed by atoms with Gasteiger partial charge < -0.3 is 17.6 Å². The fourth-order valence-corrected chi connectivity index (χ4v) is 8.33. The van der Waals surface area contributed by atoms with E-state index in [1.54, 1.807) is 7.05 Å². The Balaban J connectivity index is 0.00000280. The van der Waals surface area contributed by atoms with Crippen molar-refractivity contribution in [2.24, 2.45) is 16.7 Å². The first kappa shape index (κ1) is 24.1. The number of hydrogen-bond donors (Lipinski definition) is 1. The second kappa shape index (κ2) is 6.91. The summed E-state index contributed by atoms with van der Waals surface area (Å²) in [6.45, 7) is 11.9. The molecule has 2 aliphatic carbocycles. The molecular weight excluding hydrogens is 400 g/mol. The fraction of sp³-hybridized carbons (Fsp3) is 0.950. The Bertz CT molecular complexity index is 731. The number of hydroxylamine groups is 2. The van der Waals surface area contributed by atoms with E-state index in [0.717, 1.165) is 6.42 Å². The number of nitrogens with zero attached hydrogens (tertiary/aromatic N) is 2. The quantitative estimate of drug-likeness (QED) is 0.675. The Hall–Kier alpha value is -0.210. The lowest BCUT2D eigenvalue weighted by Crippen LogP contribution is -3.00. The van der Waals surface area contributed by atoms with Crippen molar-refractivity contribution < 1.29 is 30.8 Å². The van der Waals surface area contributed by atoms with Crippen LogP contribution in [0.25, 0.3) is 0 Å². The second-order valence-corrected chi connectivity index (χ2v) is 13.0. The molecule has 164 valence electrons. The van der Waals surface area contributed by atoms with Crippen LogP contribution in [0.3, 0.4) is 0 Å². The normalized spacial score (nSPS) is 34.6. The Morgan fingerprint density at radius 1 is 1.11 bits per heavy atom. The van der Waals surface area contributed by atoms with Crippen molar-refractivity contribution in [2.45, 2.75) is 90.8 Å². The predicted octanol–water partition coefficient (Wildman–Crippen LogP) is 0.0582. The molecule has 1 N–H and O–H groups in total. The van der Waals surface area contributed by atoms with E-state index < -0.39 is 26.5 Å². The van der Waals surface area contributed by atoms with E-state index in [9.17, 15) is 18.4 Å². The fourth-order valence-electron chi connectivity index (χ4n) is 6.22. The van der Waals surface area contributed by atoms with E-state index >= 15 is 0 Å². The van der Waals surface area contributed by atoms with Crippen LogP contribution in [0, 0.1) is 16.7 Å². The number of ketones is 1. The number of hydrogen-bond acceptors (Lipinski definition) is 5. The minimum atomic E-state index is -3.60. The number of sulfonamides is 1. The maximum absolute atomic E-state index is 13.4. The van der Waals surface area contributed by atoms with Crippen LogP contribution in [0.15, 0.2) is 0 Å². The molecule has 3 fully saturated rings. The van der Waals surface area contributed by atoms with Gasteiger partial charge in [-0.25, -0.2) is 12.7 Å². The number of piperidine rings is 1. The van der Waals surface area contributed by atoms with Crippen molar-refractivity contribution in [1.82, 2.24) is 9.37 Å². The largest absolute Gasteiger partial charge is 1.00 e. The first-order valence-corrected chi connectivity index (χ1v) is 11.7. The molecule has 0 aromatic rings.